The highest BCUT2D eigenvalue weighted by atomic mass is 16.5. The van der Waals surface area contributed by atoms with Crippen molar-refractivity contribution in [1.82, 2.24) is 0 Å². The van der Waals surface area contributed by atoms with Crippen LogP contribution in [0.5, 0.6) is 0 Å². The number of nitrogens with zero attached hydrogens (tertiary/aromatic N) is 3. The van der Waals surface area contributed by atoms with E-state index in [2.05, 4.69) is 22.2 Å². The summed E-state index contributed by atoms with van der Waals surface area (Å²) in [6, 6.07) is 0. The quantitative estimate of drug-likeness (QED) is 0.234. The maximum absolute atomic E-state index is 10.7. The summed E-state index contributed by atoms with van der Waals surface area (Å²) in [6.45, 7) is 2.30. The van der Waals surface area contributed by atoms with Crippen molar-refractivity contribution < 1.29 is 9.53 Å². The Morgan fingerprint density at radius 2 is 2.20 bits per heavy atom. The van der Waals surface area contributed by atoms with Gasteiger partial charge in [-0.3, -0.25) is 4.79 Å². The van der Waals surface area contributed by atoms with Gasteiger partial charge in [0.2, 0.25) is 0 Å². The van der Waals surface area contributed by atoms with Crippen LogP contribution in [0.25, 0.3) is 10.4 Å². The molecular weight excluding hydrogens is 194 g/mol. The molecule has 0 aromatic heterocycles. The monoisotopic (exact) mass is 209 g/mol. The van der Waals surface area contributed by atoms with Crippen molar-refractivity contribution in [2.45, 2.75) is 19.8 Å². The van der Waals surface area contributed by atoms with Crippen molar-refractivity contribution in [3.8, 4) is 0 Å². The number of ether oxygens (including phenoxy) is 1. The van der Waals surface area contributed by atoms with Crippen molar-refractivity contribution in [2.75, 3.05) is 13.2 Å². The Kier molecular flexibility index (Phi) is 4.71. The second kappa shape index (κ2) is 6.09. The number of hydrogen-bond donors (Lipinski definition) is 0. The molecule has 82 valence electrons. The first kappa shape index (κ1) is 11.6. The van der Waals surface area contributed by atoms with E-state index < -0.39 is 0 Å². The standard InChI is InChI=1S/C10H15N3O2/c1-8(14)15-7-10-5-3-2-4-9(10)6-12-13-11/h2-3,9-10H,4-7H2,1H3/t9-,10+/m1/s1. The minimum atomic E-state index is -0.257. The SMILES string of the molecule is CC(=O)OC[C@@H]1CC=CC[C@@H]1CN=[N+]=[N-]. The normalized spacial score (nSPS) is 24.3. The number of esters is 1. The highest BCUT2D eigenvalue weighted by Gasteiger charge is 2.22. The molecule has 0 radical (unpaired) electrons. The predicted octanol–water partition coefficient (Wildman–Crippen LogP) is 2.44. The lowest BCUT2D eigenvalue weighted by Gasteiger charge is -2.26. The molecule has 0 spiro atoms. The molecule has 0 heterocycles. The molecule has 0 unspecified atom stereocenters. The van der Waals surface area contributed by atoms with Gasteiger partial charge < -0.3 is 4.74 Å². The number of carbonyl (C=O) groups excluding carboxylic acids is 1. The Morgan fingerprint density at radius 3 is 2.80 bits per heavy atom. The van der Waals surface area contributed by atoms with Crippen LogP contribution in [0.4, 0.5) is 0 Å². The second-order valence-corrected chi connectivity index (χ2v) is 3.68. The number of allylic oxidation sites excluding steroid dienone is 2. The Morgan fingerprint density at radius 1 is 1.53 bits per heavy atom. The van der Waals surface area contributed by atoms with E-state index in [1.165, 1.54) is 6.92 Å². The summed E-state index contributed by atoms with van der Waals surface area (Å²) in [4.78, 5) is 13.4. The Balaban J connectivity index is 2.46. The van der Waals surface area contributed by atoms with Crippen LogP contribution in [0.1, 0.15) is 19.8 Å². The molecule has 5 nitrogen and oxygen atoms in total. The molecule has 5 heteroatoms. The predicted molar refractivity (Wildman–Crippen MR) is 56.0 cm³/mol. The average molecular weight is 209 g/mol. The second-order valence-electron chi connectivity index (χ2n) is 3.68. The van der Waals surface area contributed by atoms with Crippen LogP contribution in [0.3, 0.4) is 0 Å². The number of hydrogen-bond acceptors (Lipinski definition) is 3. The molecule has 0 aromatic carbocycles. The van der Waals surface area contributed by atoms with E-state index in [-0.39, 0.29) is 11.9 Å². The third kappa shape index (κ3) is 4.04. The van der Waals surface area contributed by atoms with Gasteiger partial charge in [-0.2, -0.15) is 0 Å². The van der Waals surface area contributed by atoms with E-state index in [4.69, 9.17) is 10.3 Å². The Labute approximate surface area is 88.7 Å². The van der Waals surface area contributed by atoms with Crippen LogP contribution in [0.2, 0.25) is 0 Å². The first-order chi connectivity index (χ1) is 7.24. The Hall–Kier alpha value is -1.48. The minimum absolute atomic E-state index is 0.257. The molecule has 2 atom stereocenters. The summed E-state index contributed by atoms with van der Waals surface area (Å²) in [7, 11) is 0. The van der Waals surface area contributed by atoms with Gasteiger partial charge in [0.05, 0.1) is 6.61 Å². The molecule has 0 N–H and O–H groups in total. The largest absolute Gasteiger partial charge is 0.466 e. The molecule has 0 aromatic rings. The molecule has 15 heavy (non-hydrogen) atoms. The third-order valence-corrected chi connectivity index (χ3v) is 2.59. The Bertz CT molecular complexity index is 295. The van der Waals surface area contributed by atoms with Crippen molar-refractivity contribution >= 4 is 5.97 Å². The van der Waals surface area contributed by atoms with Crippen molar-refractivity contribution in [2.24, 2.45) is 17.0 Å². The zero-order chi connectivity index (χ0) is 11.1. The van der Waals surface area contributed by atoms with E-state index in [1.807, 2.05) is 0 Å². The highest BCUT2D eigenvalue weighted by Crippen LogP contribution is 2.26. The van der Waals surface area contributed by atoms with E-state index >= 15 is 0 Å². The molecule has 1 aliphatic carbocycles. The first-order valence-corrected chi connectivity index (χ1v) is 5.03. The summed E-state index contributed by atoms with van der Waals surface area (Å²) in [6.07, 6.45) is 5.95. The molecule has 0 saturated heterocycles. The summed E-state index contributed by atoms with van der Waals surface area (Å²) in [5.41, 5.74) is 8.26. The van der Waals surface area contributed by atoms with E-state index in [0.717, 1.165) is 12.8 Å². The highest BCUT2D eigenvalue weighted by molar-refractivity contribution is 5.65. The third-order valence-electron chi connectivity index (χ3n) is 2.59. The van der Waals surface area contributed by atoms with Crippen LogP contribution in [-0.2, 0) is 9.53 Å². The minimum Gasteiger partial charge on any atom is -0.466 e. The molecule has 1 rings (SSSR count). The van der Waals surface area contributed by atoms with Gasteiger partial charge in [0.15, 0.2) is 0 Å². The zero-order valence-corrected chi connectivity index (χ0v) is 8.80. The van der Waals surface area contributed by atoms with Crippen LogP contribution in [-0.4, -0.2) is 19.1 Å². The van der Waals surface area contributed by atoms with Crippen LogP contribution < -0.4 is 0 Å². The fourth-order valence-electron chi connectivity index (χ4n) is 1.72. The van der Waals surface area contributed by atoms with E-state index in [0.29, 0.717) is 19.1 Å². The summed E-state index contributed by atoms with van der Waals surface area (Å²) >= 11 is 0. The van der Waals surface area contributed by atoms with Crippen molar-refractivity contribution in [1.29, 1.82) is 0 Å². The van der Waals surface area contributed by atoms with Crippen molar-refractivity contribution in [3.05, 3.63) is 22.6 Å². The van der Waals surface area contributed by atoms with Gasteiger partial charge in [-0.1, -0.05) is 17.3 Å². The fraction of sp³-hybridized carbons (Fsp3) is 0.700. The average Bonchev–Trinajstić information content (AvgIpc) is 2.24. The van der Waals surface area contributed by atoms with E-state index in [9.17, 15) is 4.79 Å². The van der Waals surface area contributed by atoms with Crippen LogP contribution in [0, 0.1) is 11.8 Å². The van der Waals surface area contributed by atoms with Gasteiger partial charge >= 0.3 is 5.97 Å². The number of azide groups is 1. The number of carbonyl (C=O) groups is 1. The molecule has 1 aliphatic rings. The van der Waals surface area contributed by atoms with Crippen molar-refractivity contribution in [3.63, 3.8) is 0 Å². The van der Waals surface area contributed by atoms with Gasteiger partial charge in [0.1, 0.15) is 0 Å². The lowest BCUT2D eigenvalue weighted by Crippen LogP contribution is -2.24. The molecule has 0 bridgehead atoms. The lowest BCUT2D eigenvalue weighted by molar-refractivity contribution is -0.142. The van der Waals surface area contributed by atoms with Gasteiger partial charge in [0, 0.05) is 18.4 Å². The van der Waals surface area contributed by atoms with Gasteiger partial charge in [0.25, 0.3) is 0 Å². The van der Waals surface area contributed by atoms with Gasteiger partial charge in [-0.05, 0) is 30.2 Å². The van der Waals surface area contributed by atoms with Crippen LogP contribution in [0.15, 0.2) is 17.3 Å². The molecule has 0 saturated carbocycles. The molecule has 0 amide bonds. The molecule has 0 aliphatic heterocycles. The van der Waals surface area contributed by atoms with E-state index in [1.54, 1.807) is 0 Å². The van der Waals surface area contributed by atoms with Crippen LogP contribution >= 0.6 is 0 Å². The van der Waals surface area contributed by atoms with Gasteiger partial charge in [-0.15, -0.1) is 0 Å². The maximum atomic E-state index is 10.7. The summed E-state index contributed by atoms with van der Waals surface area (Å²) in [5.74, 6) is 0.321. The topological polar surface area (TPSA) is 75.1 Å². The molecular formula is C10H15N3O2. The fourth-order valence-corrected chi connectivity index (χ4v) is 1.72. The smallest absolute Gasteiger partial charge is 0.302 e. The lowest BCUT2D eigenvalue weighted by atomic mass is 9.83. The number of rotatable bonds is 4. The summed E-state index contributed by atoms with van der Waals surface area (Å²) < 4.78 is 4.98. The summed E-state index contributed by atoms with van der Waals surface area (Å²) in [5, 5.41) is 3.58. The molecule has 0 fully saturated rings. The maximum Gasteiger partial charge on any atom is 0.302 e. The van der Waals surface area contributed by atoms with Gasteiger partial charge in [-0.25, -0.2) is 0 Å². The zero-order valence-electron chi connectivity index (χ0n) is 8.80. The first-order valence-electron chi connectivity index (χ1n) is 5.03.